The Labute approximate surface area is 351 Å². The molecule has 0 bridgehead atoms. The number of unbranched alkanes of at least 4 members (excludes halogenated alkanes) is 12. The summed E-state index contributed by atoms with van der Waals surface area (Å²) in [7, 11) is 0. The van der Waals surface area contributed by atoms with Crippen LogP contribution in [0.1, 0.15) is 126 Å². The van der Waals surface area contributed by atoms with E-state index in [2.05, 4.69) is 91.5 Å². The monoisotopic (exact) mass is 792 g/mol. The Hall–Kier alpha value is -3.36. The number of aliphatic hydroxyl groups is 1. The van der Waals surface area contributed by atoms with Gasteiger partial charge in [-0.05, 0) is 48.2 Å². The molecule has 0 saturated heterocycles. The molecule has 1 aliphatic rings. The second kappa shape index (κ2) is 27.4. The van der Waals surface area contributed by atoms with Gasteiger partial charge in [-0.15, -0.1) is 0 Å². The largest absolute Gasteiger partial charge is 0.389 e. The number of nitrogens with zero attached hydrogens (tertiary/aromatic N) is 1. The first-order valence-corrected chi connectivity index (χ1v) is 22.7. The fourth-order valence-electron chi connectivity index (χ4n) is 8.36. The molecule has 6 heteroatoms. The normalized spacial score (nSPS) is 20.8. The van der Waals surface area contributed by atoms with Crippen molar-refractivity contribution in [2.45, 2.75) is 167 Å². The molecule has 6 atom stereocenters. The highest BCUT2D eigenvalue weighted by Crippen LogP contribution is 2.36. The van der Waals surface area contributed by atoms with Gasteiger partial charge in [-0.2, -0.15) is 0 Å². The second-order valence-corrected chi connectivity index (χ2v) is 16.3. The highest BCUT2D eigenvalue weighted by atomic mass is 16.6. The molecule has 0 aromatic heterocycles. The number of aliphatic hydroxyl groups excluding tert-OH is 1. The van der Waals surface area contributed by atoms with Gasteiger partial charge in [0.2, 0.25) is 0 Å². The number of benzene rings is 4. The topological polar surface area (TPSA) is 60.4 Å². The molecule has 0 unspecified atom stereocenters. The molecule has 0 spiro atoms. The van der Waals surface area contributed by atoms with Crippen molar-refractivity contribution in [1.82, 2.24) is 4.90 Å². The lowest BCUT2D eigenvalue weighted by atomic mass is 9.81. The molecule has 0 heterocycles. The minimum atomic E-state index is -0.879. The summed E-state index contributed by atoms with van der Waals surface area (Å²) < 4.78 is 28.0. The summed E-state index contributed by atoms with van der Waals surface area (Å²) in [5, 5.41) is 12.9. The minimum Gasteiger partial charge on any atom is -0.389 e. The van der Waals surface area contributed by atoms with Gasteiger partial charge in [0.15, 0.2) is 0 Å². The van der Waals surface area contributed by atoms with Crippen LogP contribution in [0.2, 0.25) is 0 Å². The van der Waals surface area contributed by atoms with Crippen molar-refractivity contribution < 1.29 is 24.1 Å². The van der Waals surface area contributed by atoms with E-state index in [0.717, 1.165) is 48.2 Å². The number of hydrogen-bond acceptors (Lipinski definition) is 6. The van der Waals surface area contributed by atoms with E-state index in [1.807, 2.05) is 48.5 Å². The third kappa shape index (κ3) is 15.7. The van der Waals surface area contributed by atoms with Crippen molar-refractivity contribution in [2.75, 3.05) is 13.1 Å². The minimum absolute atomic E-state index is 0.358. The van der Waals surface area contributed by atoms with Gasteiger partial charge in [0, 0.05) is 0 Å². The third-order valence-corrected chi connectivity index (χ3v) is 11.7. The lowest BCUT2D eigenvalue weighted by Gasteiger charge is -2.52. The van der Waals surface area contributed by atoms with E-state index in [9.17, 15) is 5.11 Å². The predicted octanol–water partition coefficient (Wildman–Crippen LogP) is 11.9. The quantitative estimate of drug-likeness (QED) is 0.0553. The van der Waals surface area contributed by atoms with Gasteiger partial charge in [-0.25, -0.2) is 0 Å². The van der Waals surface area contributed by atoms with Crippen molar-refractivity contribution in [3.63, 3.8) is 0 Å². The zero-order valence-corrected chi connectivity index (χ0v) is 35.7. The Morgan fingerprint density at radius 1 is 0.379 bits per heavy atom. The highest BCUT2D eigenvalue weighted by Gasteiger charge is 2.54. The molecule has 1 N–H and O–H groups in total. The summed E-state index contributed by atoms with van der Waals surface area (Å²) in [6, 6.07) is 40.9. The maximum Gasteiger partial charge on any atom is 0.115 e. The van der Waals surface area contributed by atoms with Crippen LogP contribution < -0.4 is 0 Å². The fourth-order valence-corrected chi connectivity index (χ4v) is 8.36. The molecule has 0 aliphatic heterocycles. The number of rotatable bonds is 29. The van der Waals surface area contributed by atoms with Crippen LogP contribution in [0, 0.1) is 0 Å². The van der Waals surface area contributed by atoms with Crippen LogP contribution in [0.5, 0.6) is 0 Å². The Bertz CT molecular complexity index is 1560. The van der Waals surface area contributed by atoms with Gasteiger partial charge < -0.3 is 24.1 Å². The summed E-state index contributed by atoms with van der Waals surface area (Å²) in [5.41, 5.74) is 4.29. The summed E-state index contributed by atoms with van der Waals surface area (Å²) >= 11 is 0. The van der Waals surface area contributed by atoms with E-state index >= 15 is 0 Å². The van der Waals surface area contributed by atoms with Gasteiger partial charge in [-0.1, -0.05) is 212 Å². The van der Waals surface area contributed by atoms with E-state index in [1.54, 1.807) is 0 Å². The maximum absolute atomic E-state index is 12.9. The second-order valence-electron chi connectivity index (χ2n) is 16.3. The summed E-state index contributed by atoms with van der Waals surface area (Å²) in [4.78, 5) is 2.55. The van der Waals surface area contributed by atoms with Crippen molar-refractivity contribution in [1.29, 1.82) is 0 Å². The van der Waals surface area contributed by atoms with Crippen LogP contribution in [0.3, 0.4) is 0 Å². The van der Waals surface area contributed by atoms with E-state index in [1.165, 1.54) is 77.0 Å². The Morgan fingerprint density at radius 2 is 0.672 bits per heavy atom. The zero-order chi connectivity index (χ0) is 40.5. The van der Waals surface area contributed by atoms with E-state index in [-0.39, 0.29) is 6.04 Å². The molecule has 1 aliphatic carbocycles. The van der Waals surface area contributed by atoms with Gasteiger partial charge in [-0.3, -0.25) is 4.90 Å². The molecular weight excluding hydrogens is 719 g/mol. The summed E-state index contributed by atoms with van der Waals surface area (Å²) in [5.74, 6) is 0. The van der Waals surface area contributed by atoms with Crippen molar-refractivity contribution in [3.8, 4) is 0 Å². The smallest absolute Gasteiger partial charge is 0.115 e. The molecule has 1 fully saturated rings. The highest BCUT2D eigenvalue weighted by molar-refractivity contribution is 5.18. The molecule has 5 rings (SSSR count). The standard InChI is InChI=1S/C52H73NO5/c1-3-5-7-9-11-13-27-37-53(38-28-14-12-10-8-6-4-2)47-48(54)50(56-40-44-31-21-16-22-32-44)52(58-42-46-35-25-18-26-36-46)51(57-41-45-33-23-17-24-34-45)49(47)55-39-43-29-19-15-20-30-43/h15-26,29-36,47-52,54H,3-14,27-28,37-42H2,1-2H3/t47-,48+,49+,50+,51-,52-/m1/s1. The first-order valence-electron chi connectivity index (χ1n) is 22.7. The Kier molecular flexibility index (Phi) is 21.6. The Morgan fingerprint density at radius 3 is 1.03 bits per heavy atom. The summed E-state index contributed by atoms with van der Waals surface area (Å²) in [6.45, 7) is 7.86. The average Bonchev–Trinajstić information content (AvgIpc) is 3.27. The third-order valence-electron chi connectivity index (χ3n) is 11.7. The molecule has 58 heavy (non-hydrogen) atoms. The van der Waals surface area contributed by atoms with Crippen LogP contribution >= 0.6 is 0 Å². The van der Waals surface area contributed by atoms with Crippen LogP contribution in [-0.4, -0.2) is 59.7 Å². The molecule has 0 amide bonds. The molecular formula is C52H73NO5. The molecule has 4 aromatic rings. The van der Waals surface area contributed by atoms with Gasteiger partial charge in [0.25, 0.3) is 0 Å². The zero-order valence-electron chi connectivity index (χ0n) is 35.7. The van der Waals surface area contributed by atoms with Gasteiger partial charge in [0.1, 0.15) is 30.5 Å². The van der Waals surface area contributed by atoms with Crippen LogP contribution in [0.4, 0.5) is 0 Å². The van der Waals surface area contributed by atoms with Crippen molar-refractivity contribution in [2.24, 2.45) is 0 Å². The predicted molar refractivity (Wildman–Crippen MR) is 237 cm³/mol. The van der Waals surface area contributed by atoms with Crippen LogP contribution in [0.15, 0.2) is 121 Å². The molecule has 4 aromatic carbocycles. The molecule has 316 valence electrons. The average molecular weight is 792 g/mol. The lowest BCUT2D eigenvalue weighted by molar-refractivity contribution is -0.263. The van der Waals surface area contributed by atoms with Crippen LogP contribution in [0.25, 0.3) is 0 Å². The van der Waals surface area contributed by atoms with E-state index in [0.29, 0.717) is 26.4 Å². The molecule has 0 radical (unpaired) electrons. The molecule has 1 saturated carbocycles. The van der Waals surface area contributed by atoms with Crippen molar-refractivity contribution >= 4 is 0 Å². The first kappa shape index (κ1) is 45.7. The van der Waals surface area contributed by atoms with E-state index in [4.69, 9.17) is 18.9 Å². The SMILES string of the molecule is CCCCCCCCCN(CCCCCCCCC)[C@@H]1[C@H](O)[C@H](OCc2ccccc2)[C@@H](OCc2ccccc2)[C@H](OCc2ccccc2)[C@H]1OCc1ccccc1. The van der Waals surface area contributed by atoms with Crippen LogP contribution in [-0.2, 0) is 45.4 Å². The number of ether oxygens (including phenoxy) is 4. The lowest BCUT2D eigenvalue weighted by Crippen LogP contribution is -2.70. The van der Waals surface area contributed by atoms with E-state index < -0.39 is 30.5 Å². The van der Waals surface area contributed by atoms with Gasteiger partial charge >= 0.3 is 0 Å². The fraction of sp³-hybridized carbons (Fsp3) is 0.538. The summed E-state index contributed by atoms with van der Waals surface area (Å²) in [6.07, 6.45) is 14.2. The number of hydrogen-bond donors (Lipinski definition) is 1. The van der Waals surface area contributed by atoms with Crippen molar-refractivity contribution in [3.05, 3.63) is 144 Å². The Balaban J connectivity index is 1.50. The maximum atomic E-state index is 12.9. The molecule has 6 nitrogen and oxygen atoms in total. The van der Waals surface area contributed by atoms with Gasteiger partial charge in [0.05, 0.1) is 32.5 Å². The first-order chi connectivity index (χ1) is 28.7.